The van der Waals surface area contributed by atoms with E-state index < -0.39 is 10.0 Å². The zero-order valence-electron chi connectivity index (χ0n) is 10.9. The Kier molecular flexibility index (Phi) is 3.56. The molecule has 2 heterocycles. The highest BCUT2D eigenvalue weighted by atomic mass is 35.5. The van der Waals surface area contributed by atoms with Crippen LogP contribution in [-0.4, -0.2) is 18.4 Å². The molecule has 0 atom stereocenters. The van der Waals surface area contributed by atoms with E-state index in [9.17, 15) is 8.42 Å². The zero-order valence-corrected chi connectivity index (χ0v) is 13.3. The van der Waals surface area contributed by atoms with Gasteiger partial charge in [-0.2, -0.15) is 0 Å². The predicted octanol–water partition coefficient (Wildman–Crippen LogP) is 3.45. The van der Waals surface area contributed by atoms with Crippen molar-refractivity contribution in [2.24, 2.45) is 0 Å². The zero-order chi connectivity index (χ0) is 15.0. The van der Waals surface area contributed by atoms with Gasteiger partial charge in [0.15, 0.2) is 5.13 Å². The molecular weight excluding hydrogens is 330 g/mol. The van der Waals surface area contributed by atoms with Gasteiger partial charge in [0.2, 0.25) is 0 Å². The summed E-state index contributed by atoms with van der Waals surface area (Å²) in [7, 11) is -3.66. The Labute approximate surface area is 130 Å². The first-order valence-corrected chi connectivity index (χ1v) is 8.69. The second-order valence-electron chi connectivity index (χ2n) is 4.39. The number of thiazole rings is 1. The van der Waals surface area contributed by atoms with Crippen LogP contribution in [0.2, 0.25) is 5.15 Å². The maximum Gasteiger partial charge on any atom is 0.263 e. The molecule has 0 spiro atoms. The normalized spacial score (nSPS) is 11.7. The van der Waals surface area contributed by atoms with Crippen LogP contribution in [0, 0.1) is 6.92 Å². The van der Waals surface area contributed by atoms with Crippen molar-refractivity contribution in [2.45, 2.75) is 11.8 Å². The van der Waals surface area contributed by atoms with E-state index in [1.165, 1.54) is 17.4 Å². The van der Waals surface area contributed by atoms with Crippen LogP contribution in [0.25, 0.3) is 10.9 Å². The minimum Gasteiger partial charge on any atom is -0.255 e. The fourth-order valence-corrected chi connectivity index (χ4v) is 3.95. The third kappa shape index (κ3) is 2.99. The molecule has 8 heteroatoms. The number of sulfonamides is 1. The summed E-state index contributed by atoms with van der Waals surface area (Å²) in [6, 6.07) is 8.04. The highest BCUT2D eigenvalue weighted by Crippen LogP contribution is 2.23. The third-order valence-electron chi connectivity index (χ3n) is 2.78. The van der Waals surface area contributed by atoms with Crippen LogP contribution in [0.15, 0.2) is 40.6 Å². The Morgan fingerprint density at radius 2 is 2.00 bits per heavy atom. The molecule has 0 bridgehead atoms. The molecular formula is C13H10ClN3O2S2. The first-order valence-electron chi connectivity index (χ1n) is 5.95. The van der Waals surface area contributed by atoms with Crippen LogP contribution in [-0.2, 0) is 10.0 Å². The number of nitrogens with one attached hydrogen (secondary N) is 1. The number of nitrogens with zero attached hydrogens (tertiary/aromatic N) is 2. The summed E-state index contributed by atoms with van der Waals surface area (Å²) in [5.74, 6) is 0. The van der Waals surface area contributed by atoms with Gasteiger partial charge in [0.05, 0.1) is 16.1 Å². The van der Waals surface area contributed by atoms with Crippen molar-refractivity contribution < 1.29 is 8.42 Å². The van der Waals surface area contributed by atoms with E-state index in [1.807, 2.05) is 0 Å². The molecule has 0 aliphatic rings. The Morgan fingerprint density at radius 1 is 1.19 bits per heavy atom. The highest BCUT2D eigenvalue weighted by Gasteiger charge is 2.16. The molecule has 108 valence electrons. The van der Waals surface area contributed by atoms with Crippen LogP contribution in [0.4, 0.5) is 5.13 Å². The molecule has 0 aliphatic heterocycles. The first-order chi connectivity index (χ1) is 9.94. The largest absolute Gasteiger partial charge is 0.263 e. The molecule has 2 aromatic heterocycles. The molecule has 1 N–H and O–H groups in total. The Bertz CT molecular complexity index is 922. The number of hydrogen-bond acceptors (Lipinski definition) is 5. The number of hydrogen-bond donors (Lipinski definition) is 1. The number of aryl methyl sites for hydroxylation is 1. The van der Waals surface area contributed by atoms with Crippen molar-refractivity contribution in [2.75, 3.05) is 4.72 Å². The molecule has 0 saturated heterocycles. The van der Waals surface area contributed by atoms with Crippen molar-refractivity contribution in [3.05, 3.63) is 46.6 Å². The van der Waals surface area contributed by atoms with E-state index >= 15 is 0 Å². The second-order valence-corrected chi connectivity index (χ2v) is 7.32. The van der Waals surface area contributed by atoms with Gasteiger partial charge in [-0.25, -0.2) is 18.4 Å². The minimum atomic E-state index is -3.66. The average Bonchev–Trinajstić information content (AvgIpc) is 2.82. The highest BCUT2D eigenvalue weighted by molar-refractivity contribution is 7.93. The Balaban J connectivity index is 2.00. The molecule has 21 heavy (non-hydrogen) atoms. The molecule has 0 aliphatic carbocycles. The lowest BCUT2D eigenvalue weighted by Gasteiger charge is -2.06. The summed E-state index contributed by atoms with van der Waals surface area (Å²) < 4.78 is 27.1. The molecule has 1 aromatic carbocycles. The standard InChI is InChI=1S/C13H10ClN3O2S2/c1-8-7-20-13(15-8)17-21(18,19)10-3-4-11-9(6-10)2-5-12(14)16-11/h2-7H,1H3,(H,15,17). The maximum absolute atomic E-state index is 12.3. The molecule has 3 aromatic rings. The van der Waals surface area contributed by atoms with Crippen LogP contribution < -0.4 is 4.72 Å². The first kappa shape index (κ1) is 14.2. The number of pyridine rings is 1. The summed E-state index contributed by atoms with van der Waals surface area (Å²) in [5.41, 5.74) is 1.42. The van der Waals surface area contributed by atoms with Crippen LogP contribution in [0.3, 0.4) is 0 Å². The van der Waals surface area contributed by atoms with E-state index in [-0.39, 0.29) is 4.90 Å². The molecule has 0 radical (unpaired) electrons. The maximum atomic E-state index is 12.3. The second kappa shape index (κ2) is 5.25. The van der Waals surface area contributed by atoms with Gasteiger partial charge in [-0.3, -0.25) is 4.72 Å². The van der Waals surface area contributed by atoms with E-state index in [4.69, 9.17) is 11.6 Å². The van der Waals surface area contributed by atoms with Crippen molar-refractivity contribution in [3.63, 3.8) is 0 Å². The monoisotopic (exact) mass is 339 g/mol. The molecule has 0 unspecified atom stereocenters. The van der Waals surface area contributed by atoms with Crippen molar-refractivity contribution >= 4 is 49.0 Å². The topological polar surface area (TPSA) is 72.0 Å². The Hall–Kier alpha value is -1.70. The van der Waals surface area contributed by atoms with Crippen LogP contribution in [0.1, 0.15) is 5.69 Å². The van der Waals surface area contributed by atoms with Gasteiger partial charge in [-0.15, -0.1) is 11.3 Å². The van der Waals surface area contributed by atoms with E-state index in [0.29, 0.717) is 21.2 Å². The summed E-state index contributed by atoms with van der Waals surface area (Å²) in [4.78, 5) is 8.38. The fourth-order valence-electron chi connectivity index (χ4n) is 1.82. The fraction of sp³-hybridized carbons (Fsp3) is 0.0769. The van der Waals surface area contributed by atoms with Crippen LogP contribution in [0.5, 0.6) is 0 Å². The average molecular weight is 340 g/mol. The van der Waals surface area contributed by atoms with Crippen molar-refractivity contribution in [1.29, 1.82) is 0 Å². The third-order valence-corrected chi connectivity index (χ3v) is 5.33. The number of anilines is 1. The SMILES string of the molecule is Cc1csc(NS(=O)(=O)c2ccc3nc(Cl)ccc3c2)n1. The van der Waals surface area contributed by atoms with Crippen LogP contribution >= 0.6 is 22.9 Å². The smallest absolute Gasteiger partial charge is 0.255 e. The van der Waals surface area contributed by atoms with Gasteiger partial charge in [0.1, 0.15) is 5.15 Å². The van der Waals surface area contributed by atoms with Gasteiger partial charge in [0, 0.05) is 10.8 Å². The van der Waals surface area contributed by atoms with E-state index in [2.05, 4.69) is 14.7 Å². The number of halogens is 1. The van der Waals surface area contributed by atoms with Gasteiger partial charge >= 0.3 is 0 Å². The van der Waals surface area contributed by atoms with Gasteiger partial charge in [-0.05, 0) is 37.3 Å². The molecule has 5 nitrogen and oxygen atoms in total. The lowest BCUT2D eigenvalue weighted by Crippen LogP contribution is -2.12. The number of fused-ring (bicyclic) bond motifs is 1. The van der Waals surface area contributed by atoms with E-state index in [1.54, 1.807) is 36.6 Å². The lowest BCUT2D eigenvalue weighted by atomic mass is 10.2. The Morgan fingerprint density at radius 3 is 2.71 bits per heavy atom. The summed E-state index contributed by atoms with van der Waals surface area (Å²) in [6.45, 7) is 1.81. The van der Waals surface area contributed by atoms with Gasteiger partial charge in [0.25, 0.3) is 10.0 Å². The summed E-state index contributed by atoms with van der Waals surface area (Å²) >= 11 is 7.05. The lowest BCUT2D eigenvalue weighted by molar-refractivity contribution is 0.601. The summed E-state index contributed by atoms with van der Waals surface area (Å²) in [5, 5.41) is 3.21. The molecule has 0 amide bonds. The number of rotatable bonds is 3. The summed E-state index contributed by atoms with van der Waals surface area (Å²) in [6.07, 6.45) is 0. The van der Waals surface area contributed by atoms with E-state index in [0.717, 1.165) is 5.69 Å². The van der Waals surface area contributed by atoms with Gasteiger partial charge < -0.3 is 0 Å². The molecule has 0 saturated carbocycles. The van der Waals surface area contributed by atoms with Gasteiger partial charge in [-0.1, -0.05) is 11.6 Å². The van der Waals surface area contributed by atoms with Crippen molar-refractivity contribution in [1.82, 2.24) is 9.97 Å². The number of aromatic nitrogens is 2. The molecule has 3 rings (SSSR count). The van der Waals surface area contributed by atoms with Crippen molar-refractivity contribution in [3.8, 4) is 0 Å². The number of benzene rings is 1. The predicted molar refractivity (Wildman–Crippen MR) is 84.4 cm³/mol. The quantitative estimate of drug-likeness (QED) is 0.742. The minimum absolute atomic E-state index is 0.159. The molecule has 0 fully saturated rings.